The standard InChI is InChI=1S/C27H33ClN4O5/c28-20-15-23(33)32-11-2-4-22(32)24(20)26(34)31-21(27(35)36)9-12-37-19-13-16(14-19)5-7-18-8-6-17-3-1-10-29-25(17)30-18/h6,8,15-16,19,21H,1-5,7,9-14H2,(H,29,30)(H,31,34)(H,35,36)/t16-,19+,21-/m0/s1. The van der Waals surface area contributed by atoms with Gasteiger partial charge in [0, 0.05) is 43.6 Å². The van der Waals surface area contributed by atoms with Crippen LogP contribution in [-0.4, -0.2) is 51.8 Å². The molecule has 1 amide bonds. The number of hydrogen-bond acceptors (Lipinski definition) is 6. The van der Waals surface area contributed by atoms with Gasteiger partial charge in [-0.3, -0.25) is 9.59 Å². The second-order valence-corrected chi connectivity index (χ2v) is 10.7. The first-order chi connectivity index (χ1) is 17.9. The molecule has 0 spiro atoms. The summed E-state index contributed by atoms with van der Waals surface area (Å²) in [7, 11) is 0. The van der Waals surface area contributed by atoms with Gasteiger partial charge in [-0.15, -0.1) is 0 Å². The third-order valence-electron chi connectivity index (χ3n) is 7.71. The van der Waals surface area contributed by atoms with Crippen molar-refractivity contribution in [1.82, 2.24) is 14.9 Å². The molecule has 3 aliphatic rings. The van der Waals surface area contributed by atoms with Crippen LogP contribution in [0.25, 0.3) is 0 Å². The maximum Gasteiger partial charge on any atom is 0.326 e. The number of hydrogen-bond donors (Lipinski definition) is 3. The summed E-state index contributed by atoms with van der Waals surface area (Å²) < 4.78 is 7.44. The van der Waals surface area contributed by atoms with E-state index in [0.717, 1.165) is 63.0 Å². The molecule has 9 nitrogen and oxygen atoms in total. The second-order valence-electron chi connectivity index (χ2n) is 10.3. The maximum atomic E-state index is 12.9. The number of halogens is 1. The highest BCUT2D eigenvalue weighted by molar-refractivity contribution is 6.34. The van der Waals surface area contributed by atoms with Crippen molar-refractivity contribution in [3.63, 3.8) is 0 Å². The Morgan fingerprint density at radius 1 is 1.27 bits per heavy atom. The quantitative estimate of drug-likeness (QED) is 0.433. The number of fused-ring (bicyclic) bond motifs is 2. The number of anilines is 1. The van der Waals surface area contributed by atoms with E-state index in [1.54, 1.807) is 0 Å². The molecule has 0 radical (unpaired) electrons. The van der Waals surface area contributed by atoms with E-state index >= 15 is 0 Å². The first-order valence-corrected chi connectivity index (χ1v) is 13.6. The van der Waals surface area contributed by atoms with Gasteiger partial charge in [0.15, 0.2) is 0 Å². The number of pyridine rings is 2. The summed E-state index contributed by atoms with van der Waals surface area (Å²) in [6.07, 6.45) is 7.73. The molecule has 1 saturated carbocycles. The van der Waals surface area contributed by atoms with Crippen molar-refractivity contribution < 1.29 is 19.4 Å². The molecular formula is C27H33ClN4O5. The smallest absolute Gasteiger partial charge is 0.326 e. The number of carboxylic acid groups (broad SMARTS) is 1. The summed E-state index contributed by atoms with van der Waals surface area (Å²) in [5.41, 5.74) is 2.93. The van der Waals surface area contributed by atoms with Gasteiger partial charge in [-0.05, 0) is 68.9 Å². The summed E-state index contributed by atoms with van der Waals surface area (Å²) >= 11 is 6.20. The number of carboxylic acids is 1. The number of carbonyl (C=O) groups is 2. The van der Waals surface area contributed by atoms with Crippen LogP contribution >= 0.6 is 11.6 Å². The summed E-state index contributed by atoms with van der Waals surface area (Å²) in [6, 6.07) is 4.44. The first-order valence-electron chi connectivity index (χ1n) is 13.2. The Kier molecular flexibility index (Phi) is 7.81. The minimum absolute atomic E-state index is 0.0541. The highest BCUT2D eigenvalue weighted by Crippen LogP contribution is 2.34. The van der Waals surface area contributed by atoms with Gasteiger partial charge in [0.05, 0.1) is 16.7 Å². The lowest BCUT2D eigenvalue weighted by Gasteiger charge is -2.35. The number of aryl methyl sites for hydroxylation is 2. The Hall–Kier alpha value is -2.91. The predicted octanol–water partition coefficient (Wildman–Crippen LogP) is 3.20. The molecule has 1 fully saturated rings. The molecule has 37 heavy (non-hydrogen) atoms. The van der Waals surface area contributed by atoms with Crippen LogP contribution in [0.2, 0.25) is 5.02 Å². The minimum Gasteiger partial charge on any atom is -0.480 e. The monoisotopic (exact) mass is 528 g/mol. The SMILES string of the molecule is O=C(N[C@@H](CCO[C@H]1C[C@@H](CCc2ccc3c(n2)NCCC3)C1)C(=O)O)c1c(Cl)cc(=O)n2c1CCC2. The van der Waals surface area contributed by atoms with Crippen LogP contribution in [0.3, 0.4) is 0 Å². The molecule has 1 atom stereocenters. The fourth-order valence-electron chi connectivity index (χ4n) is 5.56. The second kappa shape index (κ2) is 11.2. The van der Waals surface area contributed by atoms with Crippen molar-refractivity contribution in [1.29, 1.82) is 0 Å². The number of carbonyl (C=O) groups excluding carboxylic acids is 1. The molecule has 3 N–H and O–H groups in total. The van der Waals surface area contributed by atoms with Crippen LogP contribution in [0.4, 0.5) is 5.82 Å². The van der Waals surface area contributed by atoms with Gasteiger partial charge < -0.3 is 25.0 Å². The number of amides is 1. The lowest BCUT2D eigenvalue weighted by atomic mass is 9.79. The van der Waals surface area contributed by atoms with Gasteiger partial charge >= 0.3 is 5.97 Å². The summed E-state index contributed by atoms with van der Waals surface area (Å²) in [6.45, 7) is 1.76. The van der Waals surface area contributed by atoms with Crippen molar-refractivity contribution >= 4 is 29.3 Å². The largest absolute Gasteiger partial charge is 0.480 e. The molecule has 0 saturated heterocycles. The van der Waals surface area contributed by atoms with Crippen LogP contribution in [0, 0.1) is 5.92 Å². The summed E-state index contributed by atoms with van der Waals surface area (Å²) in [5.74, 6) is -0.0861. The van der Waals surface area contributed by atoms with E-state index in [-0.39, 0.29) is 35.3 Å². The van der Waals surface area contributed by atoms with Gasteiger partial charge in [-0.1, -0.05) is 17.7 Å². The van der Waals surface area contributed by atoms with Crippen LogP contribution in [0.5, 0.6) is 0 Å². The van der Waals surface area contributed by atoms with E-state index in [0.29, 0.717) is 24.6 Å². The highest BCUT2D eigenvalue weighted by atomic mass is 35.5. The van der Waals surface area contributed by atoms with Crippen molar-refractivity contribution in [2.24, 2.45) is 5.92 Å². The normalized spacial score (nSPS) is 20.8. The molecule has 4 heterocycles. The lowest BCUT2D eigenvalue weighted by Crippen LogP contribution is -2.43. The Bertz CT molecular complexity index is 1240. The molecule has 2 aromatic heterocycles. The van der Waals surface area contributed by atoms with E-state index in [1.165, 1.54) is 16.2 Å². The van der Waals surface area contributed by atoms with Crippen LogP contribution in [0.1, 0.15) is 65.8 Å². The maximum absolute atomic E-state index is 12.9. The van der Waals surface area contributed by atoms with Gasteiger partial charge in [0.2, 0.25) is 0 Å². The fraction of sp³-hybridized carbons (Fsp3) is 0.556. The molecule has 0 aromatic carbocycles. The molecular weight excluding hydrogens is 496 g/mol. The highest BCUT2D eigenvalue weighted by Gasteiger charge is 2.31. The molecule has 2 aliphatic heterocycles. The van der Waals surface area contributed by atoms with Crippen LogP contribution in [0.15, 0.2) is 23.0 Å². The average Bonchev–Trinajstić information content (AvgIpc) is 3.34. The Balaban J connectivity index is 1.06. The zero-order valence-electron chi connectivity index (χ0n) is 20.8. The predicted molar refractivity (Wildman–Crippen MR) is 139 cm³/mol. The molecule has 10 heteroatoms. The molecule has 0 bridgehead atoms. The van der Waals surface area contributed by atoms with E-state index < -0.39 is 17.9 Å². The molecule has 198 valence electrons. The summed E-state index contributed by atoms with van der Waals surface area (Å²) in [4.78, 5) is 41.6. The lowest BCUT2D eigenvalue weighted by molar-refractivity contribution is -0.140. The molecule has 1 aliphatic carbocycles. The Morgan fingerprint density at radius 2 is 2.11 bits per heavy atom. The number of nitrogens with zero attached hydrogens (tertiary/aromatic N) is 2. The number of rotatable bonds is 10. The summed E-state index contributed by atoms with van der Waals surface area (Å²) in [5, 5.41) is 15.6. The zero-order chi connectivity index (χ0) is 25.9. The van der Waals surface area contributed by atoms with E-state index in [1.807, 2.05) is 0 Å². The van der Waals surface area contributed by atoms with Crippen LogP contribution in [-0.2, 0) is 35.3 Å². The van der Waals surface area contributed by atoms with Crippen molar-refractivity contribution in [3.8, 4) is 0 Å². The molecule has 0 unspecified atom stereocenters. The van der Waals surface area contributed by atoms with E-state index in [9.17, 15) is 19.5 Å². The number of nitrogens with one attached hydrogen (secondary N) is 2. The van der Waals surface area contributed by atoms with Gasteiger partial charge in [0.25, 0.3) is 11.5 Å². The molecule has 5 rings (SSSR count). The van der Waals surface area contributed by atoms with Gasteiger partial charge in [0.1, 0.15) is 11.9 Å². The molecule has 2 aromatic rings. The van der Waals surface area contributed by atoms with Crippen molar-refractivity contribution in [3.05, 3.63) is 56.1 Å². The van der Waals surface area contributed by atoms with Crippen molar-refractivity contribution in [2.75, 3.05) is 18.5 Å². The minimum atomic E-state index is -1.13. The number of aliphatic carboxylic acids is 1. The fourth-order valence-corrected chi connectivity index (χ4v) is 5.85. The zero-order valence-corrected chi connectivity index (χ0v) is 21.6. The van der Waals surface area contributed by atoms with Gasteiger partial charge in [-0.2, -0.15) is 0 Å². The van der Waals surface area contributed by atoms with Gasteiger partial charge in [-0.25, -0.2) is 9.78 Å². The first kappa shape index (κ1) is 25.7. The van der Waals surface area contributed by atoms with E-state index in [4.69, 9.17) is 21.3 Å². The Morgan fingerprint density at radius 3 is 2.92 bits per heavy atom. The third-order valence-corrected chi connectivity index (χ3v) is 8.01. The number of aromatic nitrogens is 2. The number of ether oxygens (including phenoxy) is 1. The topological polar surface area (TPSA) is 123 Å². The van der Waals surface area contributed by atoms with Crippen molar-refractivity contribution in [2.45, 2.75) is 76.5 Å². The van der Waals surface area contributed by atoms with E-state index in [2.05, 4.69) is 22.8 Å². The third kappa shape index (κ3) is 5.83. The average molecular weight is 529 g/mol. The Labute approximate surface area is 220 Å². The van der Waals surface area contributed by atoms with Crippen LogP contribution < -0.4 is 16.2 Å².